The van der Waals surface area contributed by atoms with Crippen molar-refractivity contribution in [3.05, 3.63) is 28.8 Å². The first kappa shape index (κ1) is 11.3. The van der Waals surface area contributed by atoms with Gasteiger partial charge in [-0.3, -0.25) is 4.72 Å². The maximum Gasteiger partial charge on any atom is 0.126 e. The van der Waals surface area contributed by atoms with Crippen LogP contribution in [0.5, 0.6) is 0 Å². The van der Waals surface area contributed by atoms with E-state index in [1.165, 1.54) is 0 Å². The van der Waals surface area contributed by atoms with Gasteiger partial charge in [-0.15, -0.1) is 0 Å². The summed E-state index contributed by atoms with van der Waals surface area (Å²) in [5, 5.41) is 0.499. The third kappa shape index (κ3) is 2.62. The number of hydrogen-bond donors (Lipinski definition) is 2. The number of hydrogen-bond acceptors (Lipinski definition) is 2. The van der Waals surface area contributed by atoms with Crippen molar-refractivity contribution in [2.45, 2.75) is 13.8 Å². The van der Waals surface area contributed by atoms with Crippen molar-refractivity contribution in [2.75, 3.05) is 10.5 Å². The Balaban J connectivity index is 3.09. The van der Waals surface area contributed by atoms with Crippen molar-refractivity contribution < 1.29 is 4.21 Å². The maximum atomic E-state index is 11.5. The molecule has 0 heterocycles. The van der Waals surface area contributed by atoms with Crippen LogP contribution < -0.4 is 4.72 Å². The molecule has 0 aliphatic carbocycles. The summed E-state index contributed by atoms with van der Waals surface area (Å²) in [6.45, 7) is 3.56. The second-order valence-corrected chi connectivity index (χ2v) is 5.54. The van der Waals surface area contributed by atoms with Gasteiger partial charge in [0, 0.05) is 5.75 Å². The molecule has 0 radical (unpaired) electrons. The molecule has 1 atom stereocenters. The van der Waals surface area contributed by atoms with E-state index in [1.807, 2.05) is 19.1 Å². The number of aryl methyl sites for hydroxylation is 1. The number of halogens is 1. The number of para-hydroxylation sites is 1. The van der Waals surface area contributed by atoms with Gasteiger partial charge in [-0.05, 0) is 18.6 Å². The predicted octanol–water partition coefficient (Wildman–Crippen LogP) is 3.04. The monoisotopic (exact) mass is 232 g/mol. The SMILES string of the molecule is CCS(=N)(=O)Nc1c(C)cccc1Cl. The molecular formula is C9H13ClN2OS. The molecule has 0 spiro atoms. The van der Waals surface area contributed by atoms with E-state index in [1.54, 1.807) is 13.0 Å². The molecule has 3 nitrogen and oxygen atoms in total. The van der Waals surface area contributed by atoms with Crippen molar-refractivity contribution in [3.8, 4) is 0 Å². The summed E-state index contributed by atoms with van der Waals surface area (Å²) < 4.78 is 21.7. The Bertz CT molecular complexity index is 408. The van der Waals surface area contributed by atoms with Gasteiger partial charge in [0.05, 0.1) is 10.7 Å². The molecular weight excluding hydrogens is 220 g/mol. The first-order valence-corrected chi connectivity index (χ1v) is 6.36. The van der Waals surface area contributed by atoms with E-state index in [-0.39, 0.29) is 5.75 Å². The Labute approximate surface area is 89.6 Å². The van der Waals surface area contributed by atoms with Crippen LogP contribution in [-0.4, -0.2) is 9.96 Å². The van der Waals surface area contributed by atoms with Crippen LogP contribution in [0.1, 0.15) is 12.5 Å². The first-order chi connectivity index (χ1) is 6.46. The summed E-state index contributed by atoms with van der Waals surface area (Å²) in [4.78, 5) is 0. The highest BCUT2D eigenvalue weighted by molar-refractivity contribution is 7.93. The Hall–Kier alpha value is -0.740. The van der Waals surface area contributed by atoms with Gasteiger partial charge < -0.3 is 0 Å². The molecule has 0 bridgehead atoms. The summed E-state index contributed by atoms with van der Waals surface area (Å²) in [7, 11) is -2.75. The molecule has 2 N–H and O–H groups in total. The van der Waals surface area contributed by atoms with Crippen LogP contribution >= 0.6 is 11.6 Å². The molecule has 5 heteroatoms. The standard InChI is InChI=1S/C9H13ClN2OS/c1-3-14(11,13)12-9-7(2)5-4-6-8(9)10/h4-6H,3H2,1-2H3,(H2,11,12,13). The molecule has 0 aliphatic heterocycles. The largest absolute Gasteiger partial charge is 0.297 e. The van der Waals surface area contributed by atoms with E-state index < -0.39 is 9.92 Å². The van der Waals surface area contributed by atoms with Gasteiger partial charge in [0.2, 0.25) is 0 Å². The topological polar surface area (TPSA) is 53.0 Å². The Morgan fingerprint density at radius 2 is 2.21 bits per heavy atom. The second kappa shape index (κ2) is 4.19. The zero-order chi connectivity index (χ0) is 10.8. The van der Waals surface area contributed by atoms with Crippen molar-refractivity contribution >= 4 is 27.2 Å². The van der Waals surface area contributed by atoms with Gasteiger partial charge in [0.25, 0.3) is 0 Å². The van der Waals surface area contributed by atoms with Gasteiger partial charge in [-0.2, -0.15) is 0 Å². The number of rotatable bonds is 3. The van der Waals surface area contributed by atoms with Gasteiger partial charge in [0.1, 0.15) is 9.92 Å². The molecule has 0 saturated heterocycles. The number of nitrogens with one attached hydrogen (secondary N) is 2. The van der Waals surface area contributed by atoms with Crippen LogP contribution in [0, 0.1) is 11.7 Å². The predicted molar refractivity (Wildman–Crippen MR) is 61.2 cm³/mol. The lowest BCUT2D eigenvalue weighted by Crippen LogP contribution is -2.14. The summed E-state index contributed by atoms with van der Waals surface area (Å²) >= 11 is 5.92. The molecule has 0 amide bonds. The number of anilines is 1. The van der Waals surface area contributed by atoms with Crippen LogP contribution in [-0.2, 0) is 9.92 Å². The minimum atomic E-state index is -2.75. The van der Waals surface area contributed by atoms with E-state index in [2.05, 4.69) is 4.72 Å². The highest BCUT2D eigenvalue weighted by Crippen LogP contribution is 2.26. The van der Waals surface area contributed by atoms with E-state index in [4.69, 9.17) is 16.4 Å². The first-order valence-electron chi connectivity index (χ1n) is 4.25. The molecule has 0 aromatic heterocycles. The van der Waals surface area contributed by atoms with Crippen LogP contribution in [0.4, 0.5) is 5.69 Å². The quantitative estimate of drug-likeness (QED) is 0.827. The fourth-order valence-corrected chi connectivity index (χ4v) is 2.07. The molecule has 1 unspecified atom stereocenters. The minimum absolute atomic E-state index is 0.262. The Morgan fingerprint density at radius 3 is 2.71 bits per heavy atom. The third-order valence-electron chi connectivity index (χ3n) is 1.90. The molecule has 14 heavy (non-hydrogen) atoms. The summed E-state index contributed by atoms with van der Waals surface area (Å²) in [6, 6.07) is 5.39. The summed E-state index contributed by atoms with van der Waals surface area (Å²) in [5.74, 6) is 0.262. The Kier molecular flexibility index (Phi) is 3.39. The van der Waals surface area contributed by atoms with Gasteiger partial charge in [0.15, 0.2) is 0 Å². The van der Waals surface area contributed by atoms with Gasteiger partial charge in [-0.25, -0.2) is 8.99 Å². The summed E-state index contributed by atoms with van der Waals surface area (Å²) in [6.07, 6.45) is 0. The van der Waals surface area contributed by atoms with E-state index >= 15 is 0 Å². The normalized spacial score (nSPS) is 14.8. The molecule has 0 fully saturated rings. The fraction of sp³-hybridized carbons (Fsp3) is 0.333. The van der Waals surface area contributed by atoms with Gasteiger partial charge >= 0.3 is 0 Å². The van der Waals surface area contributed by atoms with Crippen LogP contribution in [0.3, 0.4) is 0 Å². The molecule has 78 valence electrons. The minimum Gasteiger partial charge on any atom is -0.297 e. The maximum absolute atomic E-state index is 11.5. The zero-order valence-corrected chi connectivity index (χ0v) is 9.71. The van der Waals surface area contributed by atoms with Crippen molar-refractivity contribution in [1.82, 2.24) is 0 Å². The van der Waals surface area contributed by atoms with Crippen molar-refractivity contribution in [2.24, 2.45) is 0 Å². The van der Waals surface area contributed by atoms with Crippen LogP contribution in [0.2, 0.25) is 5.02 Å². The summed E-state index contributed by atoms with van der Waals surface area (Å²) in [5.41, 5.74) is 1.49. The van der Waals surface area contributed by atoms with Gasteiger partial charge in [-0.1, -0.05) is 30.7 Å². The number of benzene rings is 1. The van der Waals surface area contributed by atoms with Crippen LogP contribution in [0.15, 0.2) is 18.2 Å². The lowest BCUT2D eigenvalue weighted by Gasteiger charge is -2.12. The second-order valence-electron chi connectivity index (χ2n) is 3.00. The van der Waals surface area contributed by atoms with Crippen molar-refractivity contribution in [3.63, 3.8) is 0 Å². The molecule has 1 rings (SSSR count). The fourth-order valence-electron chi connectivity index (χ4n) is 0.998. The molecule has 1 aromatic rings. The van der Waals surface area contributed by atoms with E-state index in [0.717, 1.165) is 5.56 Å². The zero-order valence-electron chi connectivity index (χ0n) is 8.13. The lowest BCUT2D eigenvalue weighted by molar-refractivity contribution is 0.679. The highest BCUT2D eigenvalue weighted by atomic mass is 35.5. The highest BCUT2D eigenvalue weighted by Gasteiger charge is 2.08. The van der Waals surface area contributed by atoms with E-state index in [0.29, 0.717) is 10.7 Å². The van der Waals surface area contributed by atoms with Crippen LogP contribution in [0.25, 0.3) is 0 Å². The molecule has 0 aliphatic rings. The average Bonchev–Trinajstić information content (AvgIpc) is 2.12. The molecule has 1 aromatic carbocycles. The lowest BCUT2D eigenvalue weighted by atomic mass is 10.2. The Morgan fingerprint density at radius 1 is 1.57 bits per heavy atom. The third-order valence-corrected chi connectivity index (χ3v) is 3.56. The van der Waals surface area contributed by atoms with E-state index in [9.17, 15) is 4.21 Å². The molecule has 0 saturated carbocycles. The smallest absolute Gasteiger partial charge is 0.126 e. The average molecular weight is 233 g/mol. The van der Waals surface area contributed by atoms with Crippen molar-refractivity contribution in [1.29, 1.82) is 4.78 Å².